The average molecular weight is 261 g/mol. The quantitative estimate of drug-likeness (QED) is 0.603. The largest absolute Gasteiger partial charge is 0.462 e. The Kier molecular flexibility index (Phi) is 5.25. The third-order valence-corrected chi connectivity index (χ3v) is 2.45. The molecule has 4 heteroatoms. The molecule has 0 aromatic heterocycles. The van der Waals surface area contributed by atoms with E-state index in [-0.39, 0.29) is 23.7 Å². The molecular weight excluding hydrogens is 245 g/mol. The highest BCUT2D eigenvalue weighted by atomic mass is 19.1. The second-order valence-electron chi connectivity index (χ2n) is 4.61. The molecule has 1 unspecified atom stereocenters. The standard InChI is InChI=1S/C15H16FNO2/c1-10(2)9-19-15(18)11(3)14(16)13-6-4-12(8-17)5-7-13/h4-7,10,14H,3,9H2,1-2H3. The summed E-state index contributed by atoms with van der Waals surface area (Å²) >= 11 is 0. The molecule has 1 aromatic carbocycles. The molecule has 0 aliphatic rings. The first-order chi connectivity index (χ1) is 8.95. The molecule has 19 heavy (non-hydrogen) atoms. The van der Waals surface area contributed by atoms with Crippen LogP contribution in [0.2, 0.25) is 0 Å². The molecule has 0 fully saturated rings. The lowest BCUT2D eigenvalue weighted by atomic mass is 10.0. The number of benzene rings is 1. The average Bonchev–Trinajstić information content (AvgIpc) is 2.43. The SMILES string of the molecule is C=C(C(=O)OCC(C)C)C(F)c1ccc(C#N)cc1. The maximum atomic E-state index is 14.1. The number of carbonyl (C=O) groups is 1. The zero-order chi connectivity index (χ0) is 14.4. The van der Waals surface area contributed by atoms with E-state index in [0.717, 1.165) is 0 Å². The van der Waals surface area contributed by atoms with Crippen molar-refractivity contribution in [3.63, 3.8) is 0 Å². The van der Waals surface area contributed by atoms with Crippen LogP contribution in [0.4, 0.5) is 4.39 Å². The van der Waals surface area contributed by atoms with Crippen LogP contribution in [0.15, 0.2) is 36.4 Å². The van der Waals surface area contributed by atoms with Gasteiger partial charge in [0, 0.05) is 0 Å². The number of alkyl halides is 1. The lowest BCUT2D eigenvalue weighted by Crippen LogP contribution is -2.14. The van der Waals surface area contributed by atoms with Crippen molar-refractivity contribution in [2.45, 2.75) is 20.0 Å². The van der Waals surface area contributed by atoms with E-state index >= 15 is 0 Å². The van der Waals surface area contributed by atoms with E-state index in [1.165, 1.54) is 24.3 Å². The number of nitrogens with zero attached hydrogens (tertiary/aromatic N) is 1. The van der Waals surface area contributed by atoms with Gasteiger partial charge in [0.25, 0.3) is 0 Å². The molecule has 0 saturated heterocycles. The van der Waals surface area contributed by atoms with E-state index in [0.29, 0.717) is 5.56 Å². The smallest absolute Gasteiger partial charge is 0.336 e. The maximum Gasteiger partial charge on any atom is 0.336 e. The Labute approximate surface area is 112 Å². The van der Waals surface area contributed by atoms with Gasteiger partial charge < -0.3 is 4.74 Å². The third-order valence-electron chi connectivity index (χ3n) is 2.45. The predicted octanol–water partition coefficient (Wildman–Crippen LogP) is 3.32. The molecule has 1 rings (SSSR count). The van der Waals surface area contributed by atoms with Crippen molar-refractivity contribution in [3.05, 3.63) is 47.5 Å². The highest BCUT2D eigenvalue weighted by molar-refractivity contribution is 5.89. The zero-order valence-corrected chi connectivity index (χ0v) is 11.0. The molecule has 0 aliphatic heterocycles. The van der Waals surface area contributed by atoms with Gasteiger partial charge in [-0.15, -0.1) is 0 Å². The van der Waals surface area contributed by atoms with Gasteiger partial charge in [-0.2, -0.15) is 5.26 Å². The number of hydrogen-bond acceptors (Lipinski definition) is 3. The van der Waals surface area contributed by atoms with Gasteiger partial charge in [-0.3, -0.25) is 0 Å². The minimum atomic E-state index is -1.62. The van der Waals surface area contributed by atoms with Gasteiger partial charge in [-0.25, -0.2) is 9.18 Å². The Balaban J connectivity index is 2.70. The summed E-state index contributed by atoms with van der Waals surface area (Å²) in [6, 6.07) is 7.86. The molecule has 0 aliphatic carbocycles. The molecule has 0 amide bonds. The van der Waals surface area contributed by atoms with Crippen LogP contribution in [0, 0.1) is 17.2 Å². The van der Waals surface area contributed by atoms with Crippen LogP contribution in [-0.4, -0.2) is 12.6 Å². The van der Waals surface area contributed by atoms with Gasteiger partial charge in [0.15, 0.2) is 6.17 Å². The highest BCUT2D eigenvalue weighted by Crippen LogP contribution is 2.25. The van der Waals surface area contributed by atoms with Crippen LogP contribution >= 0.6 is 0 Å². The number of esters is 1. The van der Waals surface area contributed by atoms with Gasteiger partial charge in [0.2, 0.25) is 0 Å². The Bertz CT molecular complexity index is 500. The Hall–Kier alpha value is -2.15. The summed E-state index contributed by atoms with van der Waals surface area (Å²) in [7, 11) is 0. The molecule has 100 valence electrons. The molecule has 0 N–H and O–H groups in total. The van der Waals surface area contributed by atoms with E-state index in [4.69, 9.17) is 10.00 Å². The topological polar surface area (TPSA) is 50.1 Å². The fourth-order valence-electron chi connectivity index (χ4n) is 1.37. The van der Waals surface area contributed by atoms with Crippen molar-refractivity contribution >= 4 is 5.97 Å². The Morgan fingerprint density at radius 1 is 1.42 bits per heavy atom. The Morgan fingerprint density at radius 2 is 2.00 bits per heavy atom. The second-order valence-corrected chi connectivity index (χ2v) is 4.61. The summed E-state index contributed by atoms with van der Waals surface area (Å²) in [5.74, 6) is -0.546. The molecule has 0 heterocycles. The summed E-state index contributed by atoms with van der Waals surface area (Å²) in [4.78, 5) is 11.6. The van der Waals surface area contributed by atoms with Crippen molar-refractivity contribution < 1.29 is 13.9 Å². The van der Waals surface area contributed by atoms with Crippen LogP contribution in [0.1, 0.15) is 31.1 Å². The van der Waals surface area contributed by atoms with Crippen LogP contribution in [-0.2, 0) is 9.53 Å². The first-order valence-corrected chi connectivity index (χ1v) is 5.95. The molecular formula is C15H16FNO2. The van der Waals surface area contributed by atoms with E-state index in [1.54, 1.807) is 0 Å². The second kappa shape index (κ2) is 6.69. The van der Waals surface area contributed by atoms with Gasteiger partial charge in [0.1, 0.15) is 0 Å². The van der Waals surface area contributed by atoms with Crippen LogP contribution < -0.4 is 0 Å². The molecule has 3 nitrogen and oxygen atoms in total. The fraction of sp³-hybridized carbons (Fsp3) is 0.333. The summed E-state index contributed by atoms with van der Waals surface area (Å²) < 4.78 is 19.0. The Morgan fingerprint density at radius 3 is 2.47 bits per heavy atom. The van der Waals surface area contributed by atoms with E-state index in [1.807, 2.05) is 19.9 Å². The number of nitriles is 1. The van der Waals surface area contributed by atoms with E-state index in [2.05, 4.69) is 6.58 Å². The third kappa shape index (κ3) is 4.22. The van der Waals surface area contributed by atoms with Crippen LogP contribution in [0.5, 0.6) is 0 Å². The summed E-state index contributed by atoms with van der Waals surface area (Å²) in [6.07, 6.45) is -1.62. The summed E-state index contributed by atoms with van der Waals surface area (Å²) in [6.45, 7) is 7.46. The van der Waals surface area contributed by atoms with Gasteiger partial charge >= 0.3 is 5.97 Å². The van der Waals surface area contributed by atoms with Crippen LogP contribution in [0.25, 0.3) is 0 Å². The van der Waals surface area contributed by atoms with Crippen LogP contribution in [0.3, 0.4) is 0 Å². The first-order valence-electron chi connectivity index (χ1n) is 5.95. The number of carbonyl (C=O) groups excluding carboxylic acids is 1. The summed E-state index contributed by atoms with van der Waals surface area (Å²) in [5.41, 5.74) is 0.486. The first kappa shape index (κ1) is 14.9. The highest BCUT2D eigenvalue weighted by Gasteiger charge is 2.21. The summed E-state index contributed by atoms with van der Waals surface area (Å²) in [5, 5.41) is 8.65. The van der Waals surface area contributed by atoms with Crippen molar-refractivity contribution in [1.29, 1.82) is 5.26 Å². The fourth-order valence-corrected chi connectivity index (χ4v) is 1.37. The number of rotatable bonds is 5. The van der Waals surface area contributed by atoms with Gasteiger partial charge in [0.05, 0.1) is 23.8 Å². The maximum absolute atomic E-state index is 14.1. The van der Waals surface area contributed by atoms with Crippen molar-refractivity contribution in [1.82, 2.24) is 0 Å². The lowest BCUT2D eigenvalue weighted by molar-refractivity contribution is -0.140. The van der Waals surface area contributed by atoms with Crippen molar-refractivity contribution in [2.24, 2.45) is 5.92 Å². The van der Waals surface area contributed by atoms with Crippen molar-refractivity contribution in [3.8, 4) is 6.07 Å². The molecule has 1 aromatic rings. The normalized spacial score (nSPS) is 11.7. The lowest BCUT2D eigenvalue weighted by Gasteiger charge is -2.12. The molecule has 1 atom stereocenters. The number of halogens is 1. The monoisotopic (exact) mass is 261 g/mol. The number of hydrogen-bond donors (Lipinski definition) is 0. The van der Waals surface area contributed by atoms with E-state index < -0.39 is 12.1 Å². The molecule has 0 spiro atoms. The van der Waals surface area contributed by atoms with Gasteiger partial charge in [-0.1, -0.05) is 32.6 Å². The predicted molar refractivity (Wildman–Crippen MR) is 69.9 cm³/mol. The zero-order valence-electron chi connectivity index (χ0n) is 11.0. The molecule has 0 bridgehead atoms. The van der Waals surface area contributed by atoms with E-state index in [9.17, 15) is 9.18 Å². The minimum Gasteiger partial charge on any atom is -0.462 e. The number of ether oxygens (including phenoxy) is 1. The van der Waals surface area contributed by atoms with Crippen molar-refractivity contribution in [2.75, 3.05) is 6.61 Å². The molecule has 0 radical (unpaired) electrons. The van der Waals surface area contributed by atoms with Gasteiger partial charge in [-0.05, 0) is 23.6 Å². The molecule has 0 saturated carbocycles. The minimum absolute atomic E-state index is 0.185.